The molecule has 0 fully saturated rings. The Hall–Kier alpha value is -1.74. The monoisotopic (exact) mass is 368 g/mol. The SMILES string of the molecule is Cc1cc(C)c(S(=O)(=O)NCc2cccc(S(N)(=O)=O)c2)c(C)c1. The quantitative estimate of drug-likeness (QED) is 0.838. The Kier molecular flexibility index (Phi) is 5.14. The molecule has 24 heavy (non-hydrogen) atoms. The van der Waals surface area contributed by atoms with Crippen LogP contribution in [-0.2, 0) is 26.6 Å². The summed E-state index contributed by atoms with van der Waals surface area (Å²) in [5.74, 6) is 0. The lowest BCUT2D eigenvalue weighted by atomic mass is 10.1. The Morgan fingerprint density at radius 3 is 2.08 bits per heavy atom. The maximum Gasteiger partial charge on any atom is 0.241 e. The molecule has 0 bridgehead atoms. The molecule has 0 spiro atoms. The van der Waals surface area contributed by atoms with Gasteiger partial charge in [-0.05, 0) is 49.6 Å². The summed E-state index contributed by atoms with van der Waals surface area (Å²) in [4.78, 5) is 0.192. The molecular formula is C16H20N2O4S2. The van der Waals surface area contributed by atoms with E-state index < -0.39 is 20.0 Å². The first-order valence-corrected chi connectivity index (χ1v) is 10.2. The van der Waals surface area contributed by atoms with Crippen LogP contribution in [0.2, 0.25) is 0 Å². The summed E-state index contributed by atoms with van der Waals surface area (Å²) < 4.78 is 50.4. The fourth-order valence-electron chi connectivity index (χ4n) is 2.67. The summed E-state index contributed by atoms with van der Waals surface area (Å²) in [6.07, 6.45) is 0. The lowest BCUT2D eigenvalue weighted by Crippen LogP contribution is -2.25. The van der Waals surface area contributed by atoms with Gasteiger partial charge in [-0.2, -0.15) is 0 Å². The number of primary sulfonamides is 1. The number of aryl methyl sites for hydroxylation is 3. The van der Waals surface area contributed by atoms with Crippen LogP contribution in [0.3, 0.4) is 0 Å². The molecule has 2 aromatic carbocycles. The van der Waals surface area contributed by atoms with E-state index in [1.165, 1.54) is 18.2 Å². The van der Waals surface area contributed by atoms with Gasteiger partial charge in [0.2, 0.25) is 20.0 Å². The molecule has 0 aromatic heterocycles. The van der Waals surface area contributed by atoms with Crippen LogP contribution in [0.25, 0.3) is 0 Å². The van der Waals surface area contributed by atoms with Gasteiger partial charge in [-0.15, -0.1) is 0 Å². The summed E-state index contributed by atoms with van der Waals surface area (Å²) in [6, 6.07) is 9.48. The molecule has 3 N–H and O–H groups in total. The Balaban J connectivity index is 2.29. The van der Waals surface area contributed by atoms with Gasteiger partial charge in [-0.25, -0.2) is 26.7 Å². The number of benzene rings is 2. The van der Waals surface area contributed by atoms with Gasteiger partial charge in [0.25, 0.3) is 0 Å². The summed E-state index contributed by atoms with van der Waals surface area (Å²) in [7, 11) is -7.54. The molecule has 0 unspecified atom stereocenters. The number of nitrogens with one attached hydrogen (secondary N) is 1. The molecular weight excluding hydrogens is 348 g/mol. The van der Waals surface area contributed by atoms with Crippen molar-refractivity contribution in [3.8, 4) is 0 Å². The molecule has 8 heteroatoms. The fraction of sp³-hybridized carbons (Fsp3) is 0.250. The van der Waals surface area contributed by atoms with Crippen LogP contribution in [-0.4, -0.2) is 16.8 Å². The number of sulfonamides is 2. The van der Waals surface area contributed by atoms with E-state index in [0.29, 0.717) is 16.7 Å². The number of nitrogens with two attached hydrogens (primary N) is 1. The highest BCUT2D eigenvalue weighted by Crippen LogP contribution is 2.22. The van der Waals surface area contributed by atoms with Gasteiger partial charge in [-0.1, -0.05) is 29.8 Å². The van der Waals surface area contributed by atoms with Crippen molar-refractivity contribution in [2.45, 2.75) is 37.1 Å². The van der Waals surface area contributed by atoms with E-state index in [1.54, 1.807) is 19.9 Å². The molecule has 0 radical (unpaired) electrons. The lowest BCUT2D eigenvalue weighted by Gasteiger charge is -2.13. The van der Waals surface area contributed by atoms with Crippen molar-refractivity contribution >= 4 is 20.0 Å². The van der Waals surface area contributed by atoms with Crippen LogP contribution in [0, 0.1) is 20.8 Å². The zero-order valence-corrected chi connectivity index (χ0v) is 15.3. The minimum atomic E-state index is -3.83. The number of hydrogen-bond acceptors (Lipinski definition) is 4. The van der Waals surface area contributed by atoms with Crippen molar-refractivity contribution in [3.63, 3.8) is 0 Å². The largest absolute Gasteiger partial charge is 0.241 e. The van der Waals surface area contributed by atoms with E-state index in [1.807, 2.05) is 19.1 Å². The average molecular weight is 368 g/mol. The third-order valence-electron chi connectivity index (χ3n) is 3.57. The van der Waals surface area contributed by atoms with Crippen molar-refractivity contribution in [2.75, 3.05) is 0 Å². The molecule has 2 rings (SSSR count). The van der Waals surface area contributed by atoms with Gasteiger partial charge in [0, 0.05) is 6.54 Å². The van der Waals surface area contributed by atoms with Crippen LogP contribution in [0.15, 0.2) is 46.2 Å². The molecule has 0 heterocycles. The van der Waals surface area contributed by atoms with Crippen molar-refractivity contribution in [3.05, 3.63) is 58.7 Å². The lowest BCUT2D eigenvalue weighted by molar-refractivity contribution is 0.580. The van der Waals surface area contributed by atoms with E-state index >= 15 is 0 Å². The highest BCUT2D eigenvalue weighted by atomic mass is 32.2. The zero-order valence-electron chi connectivity index (χ0n) is 13.7. The van der Waals surface area contributed by atoms with Gasteiger partial charge in [0.15, 0.2) is 0 Å². The molecule has 0 atom stereocenters. The van der Waals surface area contributed by atoms with Gasteiger partial charge >= 0.3 is 0 Å². The third-order valence-corrected chi connectivity index (χ3v) is 6.18. The second-order valence-corrected chi connectivity index (χ2v) is 9.01. The standard InChI is InChI=1S/C16H20N2O4S2/c1-11-7-12(2)16(13(3)8-11)24(21,22)18-10-14-5-4-6-15(9-14)23(17,19)20/h4-9,18H,10H2,1-3H3,(H2,17,19,20). The average Bonchev–Trinajstić information content (AvgIpc) is 2.43. The molecule has 0 saturated carbocycles. The van der Waals surface area contributed by atoms with E-state index in [4.69, 9.17) is 5.14 Å². The van der Waals surface area contributed by atoms with Gasteiger partial charge in [0.1, 0.15) is 0 Å². The van der Waals surface area contributed by atoms with Crippen molar-refractivity contribution < 1.29 is 16.8 Å². The normalized spacial score (nSPS) is 12.3. The number of hydrogen-bond donors (Lipinski definition) is 2. The Bertz CT molecular complexity index is 958. The minimum Gasteiger partial charge on any atom is -0.225 e. The van der Waals surface area contributed by atoms with Crippen molar-refractivity contribution in [1.29, 1.82) is 0 Å². The maximum atomic E-state index is 12.6. The summed E-state index contributed by atoms with van der Waals surface area (Å²) in [6.45, 7) is 5.37. The maximum absolute atomic E-state index is 12.6. The predicted molar refractivity (Wildman–Crippen MR) is 92.5 cm³/mol. The molecule has 0 aliphatic heterocycles. The summed E-state index contributed by atoms with van der Waals surface area (Å²) in [5.41, 5.74) is 2.83. The molecule has 0 aliphatic carbocycles. The van der Waals surface area contributed by atoms with Gasteiger partial charge in [0.05, 0.1) is 9.79 Å². The fourth-order valence-corrected chi connectivity index (χ4v) is 4.72. The van der Waals surface area contributed by atoms with E-state index in [0.717, 1.165) is 5.56 Å². The number of rotatable bonds is 5. The minimum absolute atomic E-state index is 0.0293. The Morgan fingerprint density at radius 1 is 0.958 bits per heavy atom. The second kappa shape index (κ2) is 6.64. The van der Waals surface area contributed by atoms with Crippen LogP contribution in [0.4, 0.5) is 0 Å². The zero-order chi connectivity index (χ0) is 18.1. The Morgan fingerprint density at radius 2 is 1.54 bits per heavy atom. The summed E-state index contributed by atoms with van der Waals surface area (Å²) in [5, 5.41) is 5.09. The molecule has 0 aliphatic rings. The third kappa shape index (κ3) is 4.21. The first-order chi connectivity index (χ1) is 11.0. The van der Waals surface area contributed by atoms with Crippen LogP contribution < -0.4 is 9.86 Å². The van der Waals surface area contributed by atoms with Crippen molar-refractivity contribution in [2.24, 2.45) is 5.14 Å². The topological polar surface area (TPSA) is 106 Å². The van der Waals surface area contributed by atoms with Crippen LogP contribution in [0.5, 0.6) is 0 Å². The molecule has 0 amide bonds. The second-order valence-electron chi connectivity index (χ2n) is 5.74. The molecule has 6 nitrogen and oxygen atoms in total. The highest BCUT2D eigenvalue weighted by molar-refractivity contribution is 7.89. The Labute approximate surface area is 142 Å². The smallest absolute Gasteiger partial charge is 0.225 e. The van der Waals surface area contributed by atoms with Crippen molar-refractivity contribution in [1.82, 2.24) is 4.72 Å². The highest BCUT2D eigenvalue weighted by Gasteiger charge is 2.19. The first-order valence-electron chi connectivity index (χ1n) is 7.20. The van der Waals surface area contributed by atoms with E-state index in [2.05, 4.69) is 4.72 Å². The van der Waals surface area contributed by atoms with Gasteiger partial charge < -0.3 is 0 Å². The van der Waals surface area contributed by atoms with E-state index in [-0.39, 0.29) is 16.3 Å². The summed E-state index contributed by atoms with van der Waals surface area (Å²) >= 11 is 0. The van der Waals surface area contributed by atoms with Gasteiger partial charge in [-0.3, -0.25) is 0 Å². The molecule has 2 aromatic rings. The van der Waals surface area contributed by atoms with Crippen LogP contribution >= 0.6 is 0 Å². The predicted octanol–water partition coefficient (Wildman–Crippen LogP) is 1.74. The molecule has 130 valence electrons. The molecule has 0 saturated heterocycles. The first kappa shape index (κ1) is 18.6. The van der Waals surface area contributed by atoms with E-state index in [9.17, 15) is 16.8 Å². The van der Waals surface area contributed by atoms with Crippen LogP contribution in [0.1, 0.15) is 22.3 Å².